The number of carbonyl (C=O) groups excluding carboxylic acids is 1. The molecule has 0 saturated heterocycles. The molecule has 0 aromatic carbocycles. The van der Waals surface area contributed by atoms with Crippen molar-refractivity contribution in [3.05, 3.63) is 12.4 Å². The fourth-order valence-corrected chi connectivity index (χ4v) is 0.809. The molecule has 1 aromatic heterocycles. The summed E-state index contributed by atoms with van der Waals surface area (Å²) in [6.07, 6.45) is 3.52. The van der Waals surface area contributed by atoms with E-state index >= 15 is 0 Å². The van der Waals surface area contributed by atoms with Crippen molar-refractivity contribution in [2.24, 2.45) is 5.73 Å². The van der Waals surface area contributed by atoms with Gasteiger partial charge in [0, 0.05) is 24.9 Å². The van der Waals surface area contributed by atoms with Crippen LogP contribution < -0.4 is 11.1 Å². The van der Waals surface area contributed by atoms with Crippen LogP contribution in [-0.2, 0) is 4.79 Å². The molecular formula is C7H12N4O. The highest BCUT2D eigenvalue weighted by molar-refractivity contribution is 5.89. The number of nitrogens with two attached hydrogens (primary N) is 1. The molecule has 1 aromatic rings. The van der Waals surface area contributed by atoms with Gasteiger partial charge in [0.15, 0.2) is 0 Å². The molecule has 5 heteroatoms. The van der Waals surface area contributed by atoms with Gasteiger partial charge in [-0.2, -0.15) is 0 Å². The summed E-state index contributed by atoms with van der Waals surface area (Å²) in [6.45, 7) is 1.78. The number of aromatic nitrogens is 2. The van der Waals surface area contributed by atoms with Gasteiger partial charge in [0.2, 0.25) is 11.9 Å². The van der Waals surface area contributed by atoms with Gasteiger partial charge in [-0.25, -0.2) is 4.98 Å². The number of H-pyrrole nitrogens is 1. The number of imidazole rings is 1. The fourth-order valence-electron chi connectivity index (χ4n) is 0.809. The molecule has 0 spiro atoms. The van der Waals surface area contributed by atoms with Gasteiger partial charge in [-0.15, -0.1) is 0 Å². The zero-order valence-corrected chi connectivity index (χ0v) is 6.87. The first-order valence-corrected chi connectivity index (χ1v) is 3.73. The summed E-state index contributed by atoms with van der Waals surface area (Å²) < 4.78 is 0. The monoisotopic (exact) mass is 168 g/mol. The lowest BCUT2D eigenvalue weighted by molar-refractivity contribution is -0.116. The van der Waals surface area contributed by atoms with E-state index in [1.165, 1.54) is 0 Å². The molecule has 0 bridgehead atoms. The van der Waals surface area contributed by atoms with Crippen molar-refractivity contribution >= 4 is 11.9 Å². The molecule has 0 saturated carbocycles. The number of nitrogens with one attached hydrogen (secondary N) is 2. The first-order chi connectivity index (χ1) is 5.68. The van der Waals surface area contributed by atoms with Crippen molar-refractivity contribution < 1.29 is 4.79 Å². The molecule has 4 N–H and O–H groups in total. The SMILES string of the molecule is CC(N)CC(=O)Nc1ncc[nH]1. The van der Waals surface area contributed by atoms with Crippen LogP contribution in [-0.4, -0.2) is 21.9 Å². The zero-order chi connectivity index (χ0) is 8.97. The molecule has 5 nitrogen and oxygen atoms in total. The molecule has 1 amide bonds. The van der Waals surface area contributed by atoms with E-state index in [1.807, 2.05) is 0 Å². The molecular weight excluding hydrogens is 156 g/mol. The molecule has 1 atom stereocenters. The van der Waals surface area contributed by atoms with E-state index in [1.54, 1.807) is 19.3 Å². The van der Waals surface area contributed by atoms with Gasteiger partial charge in [0.1, 0.15) is 0 Å². The van der Waals surface area contributed by atoms with E-state index in [2.05, 4.69) is 15.3 Å². The highest BCUT2D eigenvalue weighted by Crippen LogP contribution is 1.96. The van der Waals surface area contributed by atoms with Crippen molar-refractivity contribution in [1.29, 1.82) is 0 Å². The largest absolute Gasteiger partial charge is 0.331 e. The molecule has 1 unspecified atom stereocenters. The third kappa shape index (κ3) is 2.71. The second-order valence-corrected chi connectivity index (χ2v) is 2.67. The summed E-state index contributed by atoms with van der Waals surface area (Å²) >= 11 is 0. The Morgan fingerprint density at radius 2 is 2.67 bits per heavy atom. The van der Waals surface area contributed by atoms with Crippen molar-refractivity contribution in [3.8, 4) is 0 Å². The lowest BCUT2D eigenvalue weighted by Crippen LogP contribution is -2.24. The summed E-state index contributed by atoms with van der Waals surface area (Å²) in [7, 11) is 0. The Morgan fingerprint density at radius 1 is 1.92 bits per heavy atom. The number of rotatable bonds is 3. The smallest absolute Gasteiger partial charge is 0.228 e. The molecule has 1 heterocycles. The highest BCUT2D eigenvalue weighted by Gasteiger charge is 2.05. The Labute approximate surface area is 70.4 Å². The molecule has 0 radical (unpaired) electrons. The van der Waals surface area contributed by atoms with Gasteiger partial charge in [0.05, 0.1) is 0 Å². The highest BCUT2D eigenvalue weighted by atomic mass is 16.1. The van der Waals surface area contributed by atoms with Crippen LogP contribution in [0.25, 0.3) is 0 Å². The van der Waals surface area contributed by atoms with Crippen LogP contribution in [0.5, 0.6) is 0 Å². The normalized spacial score (nSPS) is 12.5. The third-order valence-electron chi connectivity index (χ3n) is 1.26. The molecule has 0 aliphatic carbocycles. The van der Waals surface area contributed by atoms with Crippen molar-refractivity contribution in [3.63, 3.8) is 0 Å². The van der Waals surface area contributed by atoms with Crippen LogP contribution in [0, 0.1) is 0 Å². The van der Waals surface area contributed by atoms with Crippen LogP contribution in [0.4, 0.5) is 5.95 Å². The molecule has 66 valence electrons. The Balaban J connectivity index is 2.37. The summed E-state index contributed by atoms with van der Waals surface area (Å²) in [4.78, 5) is 17.7. The number of amides is 1. The number of hydrogen-bond acceptors (Lipinski definition) is 3. The Kier molecular flexibility index (Phi) is 2.82. The fraction of sp³-hybridized carbons (Fsp3) is 0.429. The summed E-state index contributed by atoms with van der Waals surface area (Å²) in [5, 5.41) is 2.57. The van der Waals surface area contributed by atoms with Crippen LogP contribution in [0.3, 0.4) is 0 Å². The minimum atomic E-state index is -0.125. The predicted octanol–water partition coefficient (Wildman–Crippen LogP) is 0.0855. The van der Waals surface area contributed by atoms with E-state index in [4.69, 9.17) is 5.73 Å². The zero-order valence-electron chi connectivity index (χ0n) is 6.87. The lowest BCUT2D eigenvalue weighted by atomic mass is 10.2. The Hall–Kier alpha value is -1.36. The summed E-state index contributed by atoms with van der Waals surface area (Å²) in [5.41, 5.74) is 5.43. The minimum Gasteiger partial charge on any atom is -0.331 e. The number of nitrogens with zero attached hydrogens (tertiary/aromatic N) is 1. The molecule has 0 aliphatic heterocycles. The van der Waals surface area contributed by atoms with Gasteiger partial charge >= 0.3 is 0 Å². The van der Waals surface area contributed by atoms with Crippen molar-refractivity contribution in [2.45, 2.75) is 19.4 Å². The molecule has 0 aliphatic rings. The predicted molar refractivity (Wildman–Crippen MR) is 45.5 cm³/mol. The Morgan fingerprint density at radius 3 is 3.17 bits per heavy atom. The van der Waals surface area contributed by atoms with Crippen LogP contribution in [0.15, 0.2) is 12.4 Å². The van der Waals surface area contributed by atoms with Crippen molar-refractivity contribution in [1.82, 2.24) is 9.97 Å². The van der Waals surface area contributed by atoms with E-state index in [9.17, 15) is 4.79 Å². The third-order valence-corrected chi connectivity index (χ3v) is 1.26. The summed E-state index contributed by atoms with van der Waals surface area (Å²) in [6, 6.07) is -0.125. The van der Waals surface area contributed by atoms with Gasteiger partial charge in [0.25, 0.3) is 0 Å². The molecule has 1 rings (SSSR count). The maximum absolute atomic E-state index is 11.1. The van der Waals surface area contributed by atoms with Crippen LogP contribution in [0.1, 0.15) is 13.3 Å². The number of hydrogen-bond donors (Lipinski definition) is 3. The van der Waals surface area contributed by atoms with Crippen LogP contribution >= 0.6 is 0 Å². The Bertz CT molecular complexity index is 242. The maximum Gasteiger partial charge on any atom is 0.228 e. The lowest BCUT2D eigenvalue weighted by Gasteiger charge is -2.03. The van der Waals surface area contributed by atoms with E-state index in [0.29, 0.717) is 12.4 Å². The number of aromatic amines is 1. The van der Waals surface area contributed by atoms with Crippen LogP contribution in [0.2, 0.25) is 0 Å². The standard InChI is InChI=1S/C7H12N4O/c1-5(8)4-6(12)11-7-9-2-3-10-7/h2-3,5H,4,8H2,1H3,(H2,9,10,11,12). The van der Waals surface area contributed by atoms with Gasteiger partial charge < -0.3 is 10.7 Å². The topological polar surface area (TPSA) is 83.8 Å². The maximum atomic E-state index is 11.1. The first kappa shape index (κ1) is 8.73. The quantitative estimate of drug-likeness (QED) is 0.597. The van der Waals surface area contributed by atoms with Gasteiger partial charge in [-0.3, -0.25) is 10.1 Å². The number of carbonyl (C=O) groups is 1. The average Bonchev–Trinajstić information content (AvgIpc) is 2.37. The molecule has 12 heavy (non-hydrogen) atoms. The second kappa shape index (κ2) is 3.87. The van der Waals surface area contributed by atoms with Crippen molar-refractivity contribution in [2.75, 3.05) is 5.32 Å². The second-order valence-electron chi connectivity index (χ2n) is 2.67. The number of anilines is 1. The van der Waals surface area contributed by atoms with E-state index in [0.717, 1.165) is 0 Å². The van der Waals surface area contributed by atoms with Gasteiger partial charge in [-0.1, -0.05) is 0 Å². The summed E-state index contributed by atoms with van der Waals surface area (Å²) in [5.74, 6) is 0.334. The van der Waals surface area contributed by atoms with E-state index < -0.39 is 0 Å². The minimum absolute atomic E-state index is 0.125. The van der Waals surface area contributed by atoms with E-state index in [-0.39, 0.29) is 11.9 Å². The van der Waals surface area contributed by atoms with Gasteiger partial charge in [-0.05, 0) is 6.92 Å². The first-order valence-electron chi connectivity index (χ1n) is 3.73. The molecule has 0 fully saturated rings. The average molecular weight is 168 g/mol.